The van der Waals surface area contributed by atoms with Crippen molar-refractivity contribution in [3.8, 4) is 5.75 Å². The summed E-state index contributed by atoms with van der Waals surface area (Å²) in [6.45, 7) is 0. The predicted molar refractivity (Wildman–Crippen MR) is 73.0 cm³/mol. The van der Waals surface area contributed by atoms with Gasteiger partial charge in [-0.05, 0) is 46.3 Å². The molecule has 1 aromatic carbocycles. The quantitative estimate of drug-likeness (QED) is 0.830. The number of phenolic OH excluding ortho intramolecular Hbond substituents is 1. The summed E-state index contributed by atoms with van der Waals surface area (Å²) in [4.78, 5) is 15.9. The number of phenols is 1. The zero-order valence-corrected chi connectivity index (χ0v) is 11.4. The lowest BCUT2D eigenvalue weighted by atomic mass is 10.2. The number of carbonyl (C=O) groups excluding carboxylic acids is 1. The normalized spacial score (nSPS) is 10.1. The third-order valence-corrected chi connectivity index (χ3v) is 2.89. The SMILES string of the molecule is O=C(Nc1ccc(Br)nc1)c1cc(Cl)ccc1O. The molecule has 2 aromatic rings. The molecule has 1 aromatic heterocycles. The van der Waals surface area contributed by atoms with Crippen molar-refractivity contribution < 1.29 is 9.90 Å². The van der Waals surface area contributed by atoms with E-state index in [0.29, 0.717) is 15.3 Å². The minimum Gasteiger partial charge on any atom is -0.507 e. The third-order valence-electron chi connectivity index (χ3n) is 2.19. The van der Waals surface area contributed by atoms with Gasteiger partial charge in [0, 0.05) is 5.02 Å². The van der Waals surface area contributed by atoms with Crippen molar-refractivity contribution >= 4 is 39.1 Å². The molecule has 6 heteroatoms. The number of nitrogens with one attached hydrogen (secondary N) is 1. The van der Waals surface area contributed by atoms with Crippen LogP contribution in [0.15, 0.2) is 41.1 Å². The fourth-order valence-electron chi connectivity index (χ4n) is 1.34. The lowest BCUT2D eigenvalue weighted by Gasteiger charge is -2.06. The smallest absolute Gasteiger partial charge is 0.259 e. The summed E-state index contributed by atoms with van der Waals surface area (Å²) in [6.07, 6.45) is 1.50. The molecule has 0 fully saturated rings. The maximum Gasteiger partial charge on any atom is 0.259 e. The van der Waals surface area contributed by atoms with Gasteiger partial charge in [0.2, 0.25) is 0 Å². The van der Waals surface area contributed by atoms with Crippen molar-refractivity contribution in [2.24, 2.45) is 0 Å². The Labute approximate surface area is 117 Å². The fourth-order valence-corrected chi connectivity index (χ4v) is 1.74. The Morgan fingerprint density at radius 2 is 2.11 bits per heavy atom. The van der Waals surface area contributed by atoms with E-state index < -0.39 is 5.91 Å². The molecule has 92 valence electrons. The van der Waals surface area contributed by atoms with Crippen molar-refractivity contribution in [3.63, 3.8) is 0 Å². The van der Waals surface area contributed by atoms with Crippen LogP contribution in [0.1, 0.15) is 10.4 Å². The number of rotatable bonds is 2. The number of aromatic hydroxyl groups is 1. The molecule has 0 saturated carbocycles. The summed E-state index contributed by atoms with van der Waals surface area (Å²) in [6, 6.07) is 7.68. The zero-order valence-electron chi connectivity index (χ0n) is 9.02. The van der Waals surface area contributed by atoms with Gasteiger partial charge in [-0.25, -0.2) is 4.98 Å². The fraction of sp³-hybridized carbons (Fsp3) is 0. The van der Waals surface area contributed by atoms with E-state index in [1.807, 2.05) is 0 Å². The summed E-state index contributed by atoms with van der Waals surface area (Å²) in [5.41, 5.74) is 0.646. The second-order valence-corrected chi connectivity index (χ2v) is 4.73. The number of anilines is 1. The minimum absolute atomic E-state index is 0.116. The molecule has 4 nitrogen and oxygen atoms in total. The largest absolute Gasteiger partial charge is 0.507 e. The van der Waals surface area contributed by atoms with Gasteiger partial charge in [0.05, 0.1) is 17.4 Å². The highest BCUT2D eigenvalue weighted by Gasteiger charge is 2.12. The molecule has 0 aliphatic heterocycles. The van der Waals surface area contributed by atoms with Crippen molar-refractivity contribution in [2.45, 2.75) is 0 Å². The Morgan fingerprint density at radius 1 is 1.33 bits per heavy atom. The van der Waals surface area contributed by atoms with E-state index in [1.165, 1.54) is 24.4 Å². The number of carbonyl (C=O) groups is 1. The van der Waals surface area contributed by atoms with Crippen LogP contribution in [0.3, 0.4) is 0 Å². The molecule has 0 aliphatic rings. The van der Waals surface area contributed by atoms with Crippen LogP contribution in [0, 0.1) is 0 Å². The van der Waals surface area contributed by atoms with Gasteiger partial charge in [-0.1, -0.05) is 11.6 Å². The second kappa shape index (κ2) is 5.37. The summed E-state index contributed by atoms with van der Waals surface area (Å²) in [5, 5.41) is 12.6. The number of hydrogen-bond donors (Lipinski definition) is 2. The van der Waals surface area contributed by atoms with Gasteiger partial charge in [0.15, 0.2) is 0 Å². The van der Waals surface area contributed by atoms with Crippen molar-refractivity contribution in [2.75, 3.05) is 5.32 Å². The average molecular weight is 328 g/mol. The molecule has 0 saturated heterocycles. The third kappa shape index (κ3) is 3.00. The number of amides is 1. The van der Waals surface area contributed by atoms with Crippen molar-refractivity contribution in [3.05, 3.63) is 51.7 Å². The van der Waals surface area contributed by atoms with Gasteiger partial charge in [-0.15, -0.1) is 0 Å². The number of halogens is 2. The van der Waals surface area contributed by atoms with Gasteiger partial charge in [0.25, 0.3) is 5.91 Å². The number of hydrogen-bond acceptors (Lipinski definition) is 3. The molecule has 0 aliphatic carbocycles. The first-order valence-electron chi connectivity index (χ1n) is 4.97. The summed E-state index contributed by atoms with van der Waals surface area (Å²) in [5.74, 6) is -0.568. The van der Waals surface area contributed by atoms with Crippen LogP contribution in [0.25, 0.3) is 0 Å². The minimum atomic E-state index is -0.445. The van der Waals surface area contributed by atoms with Crippen LogP contribution in [-0.2, 0) is 0 Å². The Hall–Kier alpha value is -1.59. The Morgan fingerprint density at radius 3 is 2.78 bits per heavy atom. The lowest BCUT2D eigenvalue weighted by Crippen LogP contribution is -2.12. The van der Waals surface area contributed by atoms with Crippen LogP contribution >= 0.6 is 27.5 Å². The zero-order chi connectivity index (χ0) is 13.1. The monoisotopic (exact) mass is 326 g/mol. The van der Waals surface area contributed by atoms with Gasteiger partial charge >= 0.3 is 0 Å². The van der Waals surface area contributed by atoms with Crippen LogP contribution in [0.4, 0.5) is 5.69 Å². The molecule has 0 radical (unpaired) electrons. The number of nitrogens with zero attached hydrogens (tertiary/aromatic N) is 1. The highest BCUT2D eigenvalue weighted by molar-refractivity contribution is 9.10. The van der Waals surface area contributed by atoms with Crippen molar-refractivity contribution in [1.29, 1.82) is 0 Å². The summed E-state index contributed by atoms with van der Waals surface area (Å²) >= 11 is 8.97. The lowest BCUT2D eigenvalue weighted by molar-refractivity contribution is 0.102. The molecule has 1 heterocycles. The molecular weight excluding hydrogens is 320 g/mol. The molecule has 0 atom stereocenters. The molecule has 2 rings (SSSR count). The number of aromatic nitrogens is 1. The second-order valence-electron chi connectivity index (χ2n) is 3.49. The Bertz CT molecular complexity index is 587. The molecular formula is C12H8BrClN2O2. The Balaban J connectivity index is 2.21. The molecule has 0 spiro atoms. The maximum absolute atomic E-state index is 11.9. The van der Waals surface area contributed by atoms with Crippen LogP contribution in [-0.4, -0.2) is 16.0 Å². The summed E-state index contributed by atoms with van der Waals surface area (Å²) < 4.78 is 0.672. The van der Waals surface area contributed by atoms with Crippen LogP contribution in [0.2, 0.25) is 5.02 Å². The van der Waals surface area contributed by atoms with E-state index in [0.717, 1.165) is 0 Å². The van der Waals surface area contributed by atoms with Gasteiger partial charge in [-0.3, -0.25) is 4.79 Å². The van der Waals surface area contributed by atoms with Gasteiger partial charge < -0.3 is 10.4 Å². The Kier molecular flexibility index (Phi) is 3.84. The topological polar surface area (TPSA) is 62.2 Å². The predicted octanol–water partition coefficient (Wildman–Crippen LogP) is 3.46. The standard InChI is InChI=1S/C12H8BrClN2O2/c13-11-4-2-8(6-15-11)16-12(18)9-5-7(14)1-3-10(9)17/h1-6,17H,(H,16,18). The first-order chi connectivity index (χ1) is 8.56. The van der Waals surface area contributed by atoms with Crippen molar-refractivity contribution in [1.82, 2.24) is 4.98 Å². The first kappa shape index (κ1) is 12.9. The van der Waals surface area contributed by atoms with E-state index in [1.54, 1.807) is 12.1 Å². The van der Waals surface area contributed by atoms with E-state index in [-0.39, 0.29) is 11.3 Å². The molecule has 2 N–H and O–H groups in total. The van der Waals surface area contributed by atoms with E-state index in [4.69, 9.17) is 11.6 Å². The van der Waals surface area contributed by atoms with Crippen LogP contribution < -0.4 is 5.32 Å². The molecule has 1 amide bonds. The van der Waals surface area contributed by atoms with E-state index >= 15 is 0 Å². The molecule has 18 heavy (non-hydrogen) atoms. The van der Waals surface area contributed by atoms with E-state index in [9.17, 15) is 9.90 Å². The molecule has 0 bridgehead atoms. The summed E-state index contributed by atoms with van der Waals surface area (Å²) in [7, 11) is 0. The number of pyridine rings is 1. The van der Waals surface area contributed by atoms with E-state index in [2.05, 4.69) is 26.2 Å². The van der Waals surface area contributed by atoms with Gasteiger partial charge in [0.1, 0.15) is 10.4 Å². The highest BCUT2D eigenvalue weighted by Crippen LogP contribution is 2.22. The maximum atomic E-state index is 11.9. The van der Waals surface area contributed by atoms with Gasteiger partial charge in [-0.2, -0.15) is 0 Å². The molecule has 0 unspecified atom stereocenters. The van der Waals surface area contributed by atoms with Crippen LogP contribution in [0.5, 0.6) is 5.75 Å². The first-order valence-corrected chi connectivity index (χ1v) is 6.15. The average Bonchev–Trinajstić information content (AvgIpc) is 2.35. The highest BCUT2D eigenvalue weighted by atomic mass is 79.9. The number of benzene rings is 1.